The standard InChI is InChI=1S/C24H42INO/c1-23(2,3)24(4,5)17-11-9-7-6-8-10-12-18-27-19-22(26)20-13-15-21(25)16-14-20/h13-16,22H,6-12,17-19,26H2,1-5H3. The smallest absolute Gasteiger partial charge is 0.0659 e. The molecule has 0 saturated carbocycles. The number of hydrogen-bond donors (Lipinski definition) is 1. The van der Waals surface area contributed by atoms with Gasteiger partial charge in [0.1, 0.15) is 0 Å². The van der Waals surface area contributed by atoms with Crippen LogP contribution in [0, 0.1) is 14.4 Å². The lowest BCUT2D eigenvalue weighted by atomic mass is 9.67. The molecule has 2 N–H and O–H groups in total. The molecule has 0 amide bonds. The molecule has 0 heterocycles. The number of nitrogens with two attached hydrogens (primary N) is 1. The fraction of sp³-hybridized carbons (Fsp3) is 0.750. The summed E-state index contributed by atoms with van der Waals surface area (Å²) in [6.07, 6.45) is 10.6. The van der Waals surface area contributed by atoms with E-state index in [1.807, 2.05) is 0 Å². The predicted octanol–water partition coefficient (Wildman–Crippen LogP) is 7.50. The minimum Gasteiger partial charge on any atom is -0.379 e. The molecule has 1 unspecified atom stereocenters. The number of unbranched alkanes of at least 4 members (excludes halogenated alkanes) is 6. The highest BCUT2D eigenvalue weighted by Gasteiger charge is 2.31. The summed E-state index contributed by atoms with van der Waals surface area (Å²) in [5.74, 6) is 0. The van der Waals surface area contributed by atoms with Gasteiger partial charge in [-0.15, -0.1) is 0 Å². The van der Waals surface area contributed by atoms with E-state index in [0.29, 0.717) is 17.4 Å². The van der Waals surface area contributed by atoms with Gasteiger partial charge >= 0.3 is 0 Å². The van der Waals surface area contributed by atoms with Gasteiger partial charge in [-0.25, -0.2) is 0 Å². The second-order valence-electron chi connectivity index (χ2n) is 9.59. The van der Waals surface area contributed by atoms with Crippen LogP contribution in [0.1, 0.15) is 97.6 Å². The van der Waals surface area contributed by atoms with E-state index < -0.39 is 0 Å². The van der Waals surface area contributed by atoms with Crippen LogP contribution in [0.15, 0.2) is 24.3 Å². The third-order valence-electron chi connectivity index (χ3n) is 6.22. The summed E-state index contributed by atoms with van der Waals surface area (Å²) in [6.45, 7) is 13.4. The summed E-state index contributed by atoms with van der Waals surface area (Å²) >= 11 is 2.31. The average Bonchev–Trinajstić information content (AvgIpc) is 2.59. The zero-order valence-electron chi connectivity index (χ0n) is 18.3. The van der Waals surface area contributed by atoms with E-state index in [1.165, 1.54) is 48.5 Å². The maximum atomic E-state index is 6.18. The van der Waals surface area contributed by atoms with Gasteiger partial charge in [-0.3, -0.25) is 0 Å². The molecule has 0 saturated heterocycles. The van der Waals surface area contributed by atoms with Gasteiger partial charge in [0.2, 0.25) is 0 Å². The Morgan fingerprint density at radius 3 is 1.93 bits per heavy atom. The van der Waals surface area contributed by atoms with Gasteiger partial charge in [0, 0.05) is 10.2 Å². The first kappa shape index (κ1) is 24.9. The van der Waals surface area contributed by atoms with Gasteiger partial charge in [0.15, 0.2) is 0 Å². The van der Waals surface area contributed by atoms with Crippen molar-refractivity contribution in [2.75, 3.05) is 13.2 Å². The number of hydrogen-bond acceptors (Lipinski definition) is 2. The SMILES string of the molecule is CC(C)(C)C(C)(C)CCCCCCCCCOCC(N)c1ccc(I)cc1. The Morgan fingerprint density at radius 2 is 1.37 bits per heavy atom. The molecule has 2 nitrogen and oxygen atoms in total. The highest BCUT2D eigenvalue weighted by Crippen LogP contribution is 2.41. The lowest BCUT2D eigenvalue weighted by Gasteiger charge is -2.39. The van der Waals surface area contributed by atoms with E-state index in [0.717, 1.165) is 18.6 Å². The number of ether oxygens (including phenoxy) is 1. The quantitative estimate of drug-likeness (QED) is 0.231. The fourth-order valence-corrected chi connectivity index (χ4v) is 3.41. The Balaban J connectivity index is 1.95. The number of benzene rings is 1. The molecule has 0 bridgehead atoms. The molecule has 1 rings (SSSR count). The molecule has 0 aromatic heterocycles. The maximum absolute atomic E-state index is 6.18. The van der Waals surface area contributed by atoms with E-state index in [1.54, 1.807) is 0 Å². The van der Waals surface area contributed by atoms with Crippen molar-refractivity contribution in [3.63, 3.8) is 0 Å². The zero-order chi connectivity index (χ0) is 20.3. The molecule has 0 aliphatic carbocycles. The van der Waals surface area contributed by atoms with Crippen LogP contribution in [-0.2, 0) is 4.74 Å². The van der Waals surface area contributed by atoms with Crippen molar-refractivity contribution >= 4 is 22.6 Å². The molecule has 3 heteroatoms. The topological polar surface area (TPSA) is 35.2 Å². The average molecular weight is 488 g/mol. The Kier molecular flexibility index (Phi) is 11.5. The van der Waals surface area contributed by atoms with E-state index >= 15 is 0 Å². The first-order valence-corrected chi connectivity index (χ1v) is 11.8. The highest BCUT2D eigenvalue weighted by atomic mass is 127. The minimum absolute atomic E-state index is 0.0145. The fourth-order valence-electron chi connectivity index (χ4n) is 3.05. The second-order valence-corrected chi connectivity index (χ2v) is 10.8. The molecule has 0 aliphatic rings. The first-order valence-electron chi connectivity index (χ1n) is 10.7. The van der Waals surface area contributed by atoms with Gasteiger partial charge in [0.25, 0.3) is 0 Å². The van der Waals surface area contributed by atoms with Gasteiger partial charge < -0.3 is 10.5 Å². The second kappa shape index (κ2) is 12.4. The Labute approximate surface area is 182 Å². The Hall–Kier alpha value is -0.130. The lowest BCUT2D eigenvalue weighted by molar-refractivity contribution is 0.115. The van der Waals surface area contributed by atoms with E-state index in [9.17, 15) is 0 Å². The molecule has 156 valence electrons. The molecule has 27 heavy (non-hydrogen) atoms. The summed E-state index contributed by atoms with van der Waals surface area (Å²) in [5.41, 5.74) is 8.17. The van der Waals surface area contributed by atoms with Crippen LogP contribution >= 0.6 is 22.6 Å². The van der Waals surface area contributed by atoms with Crippen LogP contribution in [-0.4, -0.2) is 13.2 Å². The molecule has 1 aromatic rings. The summed E-state index contributed by atoms with van der Waals surface area (Å²) in [5, 5.41) is 0. The number of rotatable bonds is 13. The molecule has 0 radical (unpaired) electrons. The van der Waals surface area contributed by atoms with E-state index in [2.05, 4.69) is 81.5 Å². The normalized spacial score (nSPS) is 13.7. The molecular weight excluding hydrogens is 445 g/mol. The van der Waals surface area contributed by atoms with E-state index in [4.69, 9.17) is 10.5 Å². The third kappa shape index (κ3) is 10.3. The predicted molar refractivity (Wildman–Crippen MR) is 127 cm³/mol. The monoisotopic (exact) mass is 487 g/mol. The molecular formula is C24H42INO. The van der Waals surface area contributed by atoms with Crippen LogP contribution < -0.4 is 5.73 Å². The summed E-state index contributed by atoms with van der Waals surface area (Å²) in [4.78, 5) is 0. The van der Waals surface area contributed by atoms with Gasteiger partial charge in [-0.2, -0.15) is 0 Å². The van der Waals surface area contributed by atoms with E-state index in [-0.39, 0.29) is 6.04 Å². The maximum Gasteiger partial charge on any atom is 0.0659 e. The molecule has 0 aliphatic heterocycles. The number of halogens is 1. The summed E-state index contributed by atoms with van der Waals surface area (Å²) in [7, 11) is 0. The Morgan fingerprint density at radius 1 is 0.852 bits per heavy atom. The largest absolute Gasteiger partial charge is 0.379 e. The van der Waals surface area contributed by atoms with Crippen molar-refractivity contribution in [2.45, 2.75) is 92.0 Å². The zero-order valence-corrected chi connectivity index (χ0v) is 20.5. The van der Waals surface area contributed by atoms with Gasteiger partial charge in [-0.1, -0.05) is 85.3 Å². The highest BCUT2D eigenvalue weighted by molar-refractivity contribution is 14.1. The molecule has 1 aromatic carbocycles. The van der Waals surface area contributed by atoms with Crippen molar-refractivity contribution in [1.82, 2.24) is 0 Å². The van der Waals surface area contributed by atoms with Crippen molar-refractivity contribution in [3.05, 3.63) is 33.4 Å². The van der Waals surface area contributed by atoms with Crippen LogP contribution in [0.4, 0.5) is 0 Å². The van der Waals surface area contributed by atoms with Crippen LogP contribution in [0.2, 0.25) is 0 Å². The van der Waals surface area contributed by atoms with Crippen molar-refractivity contribution in [2.24, 2.45) is 16.6 Å². The lowest BCUT2D eigenvalue weighted by Crippen LogP contribution is -2.29. The molecule has 0 fully saturated rings. The van der Waals surface area contributed by atoms with Gasteiger partial charge in [-0.05, 0) is 64.0 Å². The minimum atomic E-state index is -0.0145. The molecule has 1 atom stereocenters. The Bertz CT molecular complexity index is 504. The van der Waals surface area contributed by atoms with Crippen molar-refractivity contribution in [1.29, 1.82) is 0 Å². The van der Waals surface area contributed by atoms with Crippen LogP contribution in [0.3, 0.4) is 0 Å². The van der Waals surface area contributed by atoms with Gasteiger partial charge in [0.05, 0.1) is 12.6 Å². The molecule has 0 spiro atoms. The third-order valence-corrected chi connectivity index (χ3v) is 6.94. The van der Waals surface area contributed by atoms with Crippen LogP contribution in [0.5, 0.6) is 0 Å². The first-order chi connectivity index (χ1) is 12.6. The van der Waals surface area contributed by atoms with Crippen molar-refractivity contribution < 1.29 is 4.74 Å². The van der Waals surface area contributed by atoms with Crippen LogP contribution in [0.25, 0.3) is 0 Å². The summed E-state index contributed by atoms with van der Waals surface area (Å²) in [6, 6.07) is 8.37. The van der Waals surface area contributed by atoms with Crippen molar-refractivity contribution in [3.8, 4) is 0 Å². The summed E-state index contributed by atoms with van der Waals surface area (Å²) < 4.78 is 7.01.